The Bertz CT molecular complexity index is 1240. The molecule has 9 heteroatoms. The molecule has 0 N–H and O–H groups in total. The number of ether oxygens (including phenoxy) is 1. The lowest BCUT2D eigenvalue weighted by Crippen LogP contribution is -2.35. The molecule has 0 heterocycles. The second-order valence-electron chi connectivity index (χ2n) is 7.23. The highest BCUT2D eigenvalue weighted by Crippen LogP contribution is 2.33. The highest BCUT2D eigenvalue weighted by molar-refractivity contribution is 7.89. The summed E-state index contributed by atoms with van der Waals surface area (Å²) in [6.45, 7) is 1.35. The lowest BCUT2D eigenvalue weighted by atomic mass is 10.0. The van der Waals surface area contributed by atoms with Crippen LogP contribution in [0.4, 0.5) is 8.78 Å². The number of hydrogen-bond donors (Lipinski definition) is 0. The van der Waals surface area contributed by atoms with Gasteiger partial charge >= 0.3 is 5.97 Å². The maximum absolute atomic E-state index is 14.9. The standard InChI is InChI=1S/C24H22ClF2NO4S/c1-3-21(16-7-5-4-6-8-16)28(33(30,31)19-12-10-18(25)11-13-19)15-17-9-14-20(24(29)32-2)23(27)22(17)26/h4-14,21H,3,15H2,1-2H3. The minimum atomic E-state index is -4.14. The summed E-state index contributed by atoms with van der Waals surface area (Å²) in [5.74, 6) is -3.73. The van der Waals surface area contributed by atoms with Gasteiger partial charge in [0, 0.05) is 17.1 Å². The van der Waals surface area contributed by atoms with Crippen LogP contribution in [-0.4, -0.2) is 25.8 Å². The van der Waals surface area contributed by atoms with Gasteiger partial charge in [0.15, 0.2) is 11.6 Å². The number of halogens is 3. The fraction of sp³-hybridized carbons (Fsp3) is 0.208. The Labute approximate surface area is 196 Å². The van der Waals surface area contributed by atoms with Gasteiger partial charge in [-0.25, -0.2) is 22.0 Å². The lowest BCUT2D eigenvalue weighted by Gasteiger charge is -2.31. The Morgan fingerprint density at radius 3 is 2.21 bits per heavy atom. The van der Waals surface area contributed by atoms with Crippen LogP contribution in [0.15, 0.2) is 71.6 Å². The molecule has 0 bridgehead atoms. The highest BCUT2D eigenvalue weighted by atomic mass is 35.5. The number of benzene rings is 3. The second-order valence-corrected chi connectivity index (χ2v) is 9.56. The molecular weight excluding hydrogens is 472 g/mol. The number of esters is 1. The van der Waals surface area contributed by atoms with Gasteiger partial charge in [-0.1, -0.05) is 54.9 Å². The van der Waals surface area contributed by atoms with Crippen LogP contribution in [0, 0.1) is 11.6 Å². The second kappa shape index (κ2) is 10.4. The van der Waals surface area contributed by atoms with Gasteiger partial charge in [0.25, 0.3) is 0 Å². The molecule has 3 aromatic rings. The fourth-order valence-electron chi connectivity index (χ4n) is 3.53. The zero-order chi connectivity index (χ0) is 24.2. The van der Waals surface area contributed by atoms with E-state index < -0.39 is 45.8 Å². The zero-order valence-electron chi connectivity index (χ0n) is 18.0. The Morgan fingerprint density at radius 2 is 1.64 bits per heavy atom. The van der Waals surface area contributed by atoms with E-state index in [9.17, 15) is 22.0 Å². The Hall–Kier alpha value is -2.81. The maximum atomic E-state index is 14.9. The van der Waals surface area contributed by atoms with Crippen molar-refractivity contribution in [2.45, 2.75) is 30.8 Å². The largest absolute Gasteiger partial charge is 0.465 e. The van der Waals surface area contributed by atoms with E-state index in [4.69, 9.17) is 11.6 Å². The molecule has 3 rings (SSSR count). The van der Waals surface area contributed by atoms with Gasteiger partial charge in [0.2, 0.25) is 10.0 Å². The summed E-state index contributed by atoms with van der Waals surface area (Å²) < 4.78 is 62.3. The van der Waals surface area contributed by atoms with E-state index in [0.717, 1.165) is 17.5 Å². The van der Waals surface area contributed by atoms with E-state index in [1.165, 1.54) is 30.3 Å². The van der Waals surface area contributed by atoms with Gasteiger partial charge in [-0.3, -0.25) is 0 Å². The lowest BCUT2D eigenvalue weighted by molar-refractivity contribution is 0.0594. The number of nitrogens with zero attached hydrogens (tertiary/aromatic N) is 1. The summed E-state index contributed by atoms with van der Waals surface area (Å²) in [6.07, 6.45) is 0.376. The van der Waals surface area contributed by atoms with Crippen LogP contribution < -0.4 is 0 Å². The number of rotatable bonds is 8. The number of methoxy groups -OCH3 is 1. The van der Waals surface area contributed by atoms with Crippen LogP contribution in [-0.2, 0) is 21.3 Å². The molecule has 174 valence electrons. The Morgan fingerprint density at radius 1 is 1.00 bits per heavy atom. The van der Waals surface area contributed by atoms with Gasteiger partial charge in [0.05, 0.1) is 23.6 Å². The van der Waals surface area contributed by atoms with Gasteiger partial charge in [0.1, 0.15) is 0 Å². The Balaban J connectivity index is 2.13. The van der Waals surface area contributed by atoms with Crippen LogP contribution in [0.25, 0.3) is 0 Å². The molecule has 0 radical (unpaired) electrons. The van der Waals surface area contributed by atoms with Crippen molar-refractivity contribution in [3.8, 4) is 0 Å². The molecule has 33 heavy (non-hydrogen) atoms. The van der Waals surface area contributed by atoms with E-state index in [-0.39, 0.29) is 10.5 Å². The molecule has 1 unspecified atom stereocenters. The van der Waals surface area contributed by atoms with Crippen molar-refractivity contribution < 1.29 is 26.7 Å². The number of sulfonamides is 1. The monoisotopic (exact) mass is 493 g/mol. The zero-order valence-corrected chi connectivity index (χ0v) is 19.5. The molecule has 0 saturated carbocycles. The van der Waals surface area contributed by atoms with Gasteiger partial charge in [-0.15, -0.1) is 0 Å². The molecule has 0 spiro atoms. The summed E-state index contributed by atoms with van der Waals surface area (Å²) in [5.41, 5.74) is -0.0855. The molecule has 0 aliphatic rings. The molecule has 1 atom stereocenters. The van der Waals surface area contributed by atoms with Crippen molar-refractivity contribution in [2.24, 2.45) is 0 Å². The van der Waals surface area contributed by atoms with Crippen LogP contribution in [0.5, 0.6) is 0 Å². The summed E-state index contributed by atoms with van der Waals surface area (Å²) in [6, 6.07) is 16.1. The third kappa shape index (κ3) is 5.24. The minimum Gasteiger partial charge on any atom is -0.465 e. The minimum absolute atomic E-state index is 0.0339. The predicted molar refractivity (Wildman–Crippen MR) is 121 cm³/mol. The fourth-order valence-corrected chi connectivity index (χ4v) is 5.32. The normalized spacial score (nSPS) is 12.5. The van der Waals surface area contributed by atoms with Crippen molar-refractivity contribution in [2.75, 3.05) is 7.11 Å². The molecule has 0 saturated heterocycles. The SMILES string of the molecule is CCC(c1ccccc1)N(Cc1ccc(C(=O)OC)c(F)c1F)S(=O)(=O)c1ccc(Cl)cc1. The van der Waals surface area contributed by atoms with Crippen LogP contribution in [0.3, 0.4) is 0 Å². The first-order chi connectivity index (χ1) is 15.7. The average molecular weight is 494 g/mol. The summed E-state index contributed by atoms with van der Waals surface area (Å²) >= 11 is 5.91. The number of hydrogen-bond acceptors (Lipinski definition) is 4. The van der Waals surface area contributed by atoms with Crippen molar-refractivity contribution in [3.63, 3.8) is 0 Å². The predicted octanol–water partition coefficient (Wildman–Crippen LogP) is 5.75. The van der Waals surface area contributed by atoms with Gasteiger partial charge in [-0.05, 0) is 42.3 Å². The smallest absolute Gasteiger partial charge is 0.340 e. The molecule has 0 fully saturated rings. The quantitative estimate of drug-likeness (QED) is 0.375. The van der Waals surface area contributed by atoms with E-state index in [2.05, 4.69) is 4.74 Å². The molecule has 0 aliphatic heterocycles. The van der Waals surface area contributed by atoms with Crippen LogP contribution in [0.1, 0.15) is 40.9 Å². The summed E-state index contributed by atoms with van der Waals surface area (Å²) in [4.78, 5) is 11.7. The molecular formula is C24H22ClF2NO4S. The first kappa shape index (κ1) is 24.8. The third-order valence-electron chi connectivity index (χ3n) is 5.23. The van der Waals surface area contributed by atoms with E-state index in [1.54, 1.807) is 37.3 Å². The van der Waals surface area contributed by atoms with Gasteiger partial charge < -0.3 is 4.74 Å². The Kier molecular flexibility index (Phi) is 7.84. The summed E-state index contributed by atoms with van der Waals surface area (Å²) in [5, 5.41) is 0.363. The molecule has 5 nitrogen and oxygen atoms in total. The van der Waals surface area contributed by atoms with Crippen molar-refractivity contribution in [3.05, 3.63) is 100 Å². The van der Waals surface area contributed by atoms with Crippen molar-refractivity contribution >= 4 is 27.6 Å². The molecule has 0 aliphatic carbocycles. The molecule has 3 aromatic carbocycles. The topological polar surface area (TPSA) is 63.7 Å². The third-order valence-corrected chi connectivity index (χ3v) is 7.35. The van der Waals surface area contributed by atoms with Crippen LogP contribution in [0.2, 0.25) is 5.02 Å². The van der Waals surface area contributed by atoms with Crippen LogP contribution >= 0.6 is 11.6 Å². The molecule has 0 amide bonds. The van der Waals surface area contributed by atoms with Gasteiger partial charge in [-0.2, -0.15) is 4.31 Å². The number of carbonyl (C=O) groups is 1. The molecule has 0 aromatic heterocycles. The first-order valence-corrected chi connectivity index (χ1v) is 11.9. The first-order valence-electron chi connectivity index (χ1n) is 10.1. The van der Waals surface area contributed by atoms with Crippen molar-refractivity contribution in [1.29, 1.82) is 0 Å². The maximum Gasteiger partial charge on any atom is 0.340 e. The highest BCUT2D eigenvalue weighted by Gasteiger charge is 2.33. The van der Waals surface area contributed by atoms with E-state index in [0.29, 0.717) is 17.0 Å². The average Bonchev–Trinajstić information content (AvgIpc) is 2.82. The number of carbonyl (C=O) groups excluding carboxylic acids is 1. The van der Waals surface area contributed by atoms with Crippen molar-refractivity contribution in [1.82, 2.24) is 4.31 Å². The summed E-state index contributed by atoms with van der Waals surface area (Å²) in [7, 11) is -3.09. The van der Waals surface area contributed by atoms with E-state index in [1.807, 2.05) is 0 Å². The van der Waals surface area contributed by atoms with E-state index >= 15 is 0 Å².